The van der Waals surface area contributed by atoms with Crippen molar-refractivity contribution in [2.24, 2.45) is 0 Å². The molecule has 0 heterocycles. The molecule has 0 bridgehead atoms. The third-order valence-corrected chi connectivity index (χ3v) is 4.02. The monoisotopic (exact) mass is 463 g/mol. The summed E-state index contributed by atoms with van der Waals surface area (Å²) in [6.45, 7) is 0. The van der Waals surface area contributed by atoms with E-state index < -0.39 is 17.7 Å². The molecule has 0 aliphatic heterocycles. The molecular weight excluding hydrogens is 456 g/mol. The highest BCUT2D eigenvalue weighted by atomic mass is 127. The predicted octanol–water partition coefficient (Wildman–Crippen LogP) is 4.14. The maximum absolute atomic E-state index is 13.8. The number of aromatic carboxylic acids is 1. The molecule has 0 aliphatic carbocycles. The molecule has 2 aromatic rings. The molecule has 0 saturated carbocycles. The fraction of sp³-hybridized carbons (Fsp3) is 0. The van der Waals surface area contributed by atoms with Crippen molar-refractivity contribution in [1.29, 1.82) is 0 Å². The van der Waals surface area contributed by atoms with Crippen LogP contribution in [0.3, 0.4) is 0 Å². The standard InChI is InChI=1S/C14H8BrFINO3/c15-10-5-4-7(17)6-9(10)13(19)18-12-8(14(20)21)2-1-3-11(12)16/h1-6H,(H,18,19)(H,20,21). The van der Waals surface area contributed by atoms with Crippen LogP contribution < -0.4 is 5.32 Å². The average molecular weight is 464 g/mol. The SMILES string of the molecule is O=C(Nc1c(F)cccc1C(=O)O)c1cc(I)ccc1Br. The summed E-state index contributed by atoms with van der Waals surface area (Å²) in [5.74, 6) is -2.70. The molecule has 7 heteroatoms. The Hall–Kier alpha value is -1.48. The molecule has 21 heavy (non-hydrogen) atoms. The van der Waals surface area contributed by atoms with Gasteiger partial charge in [-0.25, -0.2) is 9.18 Å². The first-order valence-corrected chi connectivity index (χ1v) is 7.55. The van der Waals surface area contributed by atoms with Crippen molar-refractivity contribution in [3.8, 4) is 0 Å². The van der Waals surface area contributed by atoms with Crippen molar-refractivity contribution in [3.63, 3.8) is 0 Å². The molecule has 108 valence electrons. The number of hydrogen-bond acceptors (Lipinski definition) is 2. The maximum atomic E-state index is 13.8. The Labute approximate surface area is 141 Å². The molecule has 0 radical (unpaired) electrons. The van der Waals surface area contributed by atoms with Gasteiger partial charge in [-0.15, -0.1) is 0 Å². The smallest absolute Gasteiger partial charge is 0.337 e. The van der Waals surface area contributed by atoms with Gasteiger partial charge in [-0.05, 0) is 68.9 Å². The molecule has 1 amide bonds. The van der Waals surface area contributed by atoms with Crippen molar-refractivity contribution in [2.45, 2.75) is 0 Å². The van der Waals surface area contributed by atoms with Gasteiger partial charge in [0.1, 0.15) is 5.82 Å². The number of benzene rings is 2. The Balaban J connectivity index is 2.41. The minimum absolute atomic E-state index is 0.293. The van der Waals surface area contributed by atoms with Crippen molar-refractivity contribution in [2.75, 3.05) is 5.32 Å². The summed E-state index contributed by atoms with van der Waals surface area (Å²) in [6.07, 6.45) is 0. The number of carboxylic acid groups (broad SMARTS) is 1. The number of para-hydroxylation sites is 1. The quantitative estimate of drug-likeness (QED) is 0.672. The van der Waals surface area contributed by atoms with E-state index in [0.717, 1.165) is 9.64 Å². The third kappa shape index (κ3) is 3.59. The van der Waals surface area contributed by atoms with Gasteiger partial charge >= 0.3 is 5.97 Å². The van der Waals surface area contributed by atoms with Crippen LogP contribution in [0.2, 0.25) is 0 Å². The number of carboxylic acids is 1. The number of carbonyl (C=O) groups is 2. The highest BCUT2D eigenvalue weighted by Gasteiger charge is 2.18. The van der Waals surface area contributed by atoms with E-state index >= 15 is 0 Å². The van der Waals surface area contributed by atoms with Gasteiger partial charge in [0.15, 0.2) is 0 Å². The third-order valence-electron chi connectivity index (χ3n) is 2.66. The summed E-state index contributed by atoms with van der Waals surface area (Å²) >= 11 is 5.28. The largest absolute Gasteiger partial charge is 0.478 e. The van der Waals surface area contributed by atoms with Gasteiger partial charge < -0.3 is 10.4 Å². The van der Waals surface area contributed by atoms with Crippen LogP contribution in [0.4, 0.5) is 10.1 Å². The molecule has 0 aliphatic rings. The van der Waals surface area contributed by atoms with Crippen molar-refractivity contribution < 1.29 is 19.1 Å². The van der Waals surface area contributed by atoms with Crippen molar-refractivity contribution in [3.05, 3.63) is 61.4 Å². The zero-order valence-corrected chi connectivity index (χ0v) is 14.1. The van der Waals surface area contributed by atoms with Gasteiger partial charge in [-0.1, -0.05) is 6.07 Å². The van der Waals surface area contributed by atoms with Crippen LogP contribution in [-0.2, 0) is 0 Å². The lowest BCUT2D eigenvalue weighted by atomic mass is 10.1. The van der Waals surface area contributed by atoms with E-state index in [1.165, 1.54) is 12.1 Å². The molecule has 0 saturated heterocycles. The van der Waals surface area contributed by atoms with E-state index in [1.807, 2.05) is 22.6 Å². The zero-order valence-electron chi connectivity index (χ0n) is 10.4. The molecule has 2 rings (SSSR count). The zero-order chi connectivity index (χ0) is 15.6. The van der Waals surface area contributed by atoms with Gasteiger partial charge in [-0.2, -0.15) is 0 Å². The number of hydrogen-bond donors (Lipinski definition) is 2. The lowest BCUT2D eigenvalue weighted by Crippen LogP contribution is -2.16. The van der Waals surface area contributed by atoms with Crippen molar-refractivity contribution >= 4 is 56.1 Å². The molecular formula is C14H8BrFINO3. The van der Waals surface area contributed by atoms with Crippen LogP contribution in [0.5, 0.6) is 0 Å². The van der Waals surface area contributed by atoms with Crippen LogP contribution in [0, 0.1) is 9.39 Å². The molecule has 0 atom stereocenters. The Morgan fingerprint density at radius 3 is 2.57 bits per heavy atom. The van der Waals surface area contributed by atoms with Gasteiger partial charge in [0.25, 0.3) is 5.91 Å². The van der Waals surface area contributed by atoms with Crippen LogP contribution in [0.15, 0.2) is 40.9 Å². The van der Waals surface area contributed by atoms with E-state index in [-0.39, 0.29) is 11.3 Å². The number of nitrogens with one attached hydrogen (secondary N) is 1. The highest BCUT2D eigenvalue weighted by molar-refractivity contribution is 14.1. The normalized spacial score (nSPS) is 10.2. The summed E-state index contributed by atoms with van der Waals surface area (Å²) in [5.41, 5.74) is -0.354. The summed E-state index contributed by atoms with van der Waals surface area (Å²) in [7, 11) is 0. The van der Waals surface area contributed by atoms with Crippen LogP contribution in [-0.4, -0.2) is 17.0 Å². The number of rotatable bonds is 3. The Bertz CT molecular complexity index is 736. The Kier molecular flexibility index (Phi) is 4.94. The van der Waals surface area contributed by atoms with Crippen molar-refractivity contribution in [1.82, 2.24) is 0 Å². The lowest BCUT2D eigenvalue weighted by molar-refractivity contribution is 0.0697. The van der Waals surface area contributed by atoms with E-state index in [1.54, 1.807) is 18.2 Å². The predicted molar refractivity (Wildman–Crippen MR) is 88.2 cm³/mol. The maximum Gasteiger partial charge on any atom is 0.337 e. The lowest BCUT2D eigenvalue weighted by Gasteiger charge is -2.10. The number of carbonyl (C=O) groups excluding carboxylic acids is 1. The van der Waals surface area contributed by atoms with Gasteiger partial charge in [0.05, 0.1) is 16.8 Å². The Morgan fingerprint density at radius 1 is 1.19 bits per heavy atom. The second-order valence-electron chi connectivity index (χ2n) is 4.05. The fourth-order valence-corrected chi connectivity index (χ4v) is 2.60. The molecule has 0 aromatic heterocycles. The highest BCUT2D eigenvalue weighted by Crippen LogP contribution is 2.24. The first-order chi connectivity index (χ1) is 9.90. The van der Waals surface area contributed by atoms with Gasteiger partial charge in [0.2, 0.25) is 0 Å². The molecule has 0 spiro atoms. The first-order valence-electron chi connectivity index (χ1n) is 5.68. The molecule has 2 aromatic carbocycles. The molecule has 0 unspecified atom stereocenters. The van der Waals surface area contributed by atoms with Gasteiger partial charge in [-0.3, -0.25) is 4.79 Å². The second-order valence-corrected chi connectivity index (χ2v) is 6.15. The van der Waals surface area contributed by atoms with Crippen LogP contribution >= 0.6 is 38.5 Å². The molecule has 2 N–H and O–H groups in total. The minimum atomic E-state index is -1.31. The van der Waals surface area contributed by atoms with Crippen LogP contribution in [0.1, 0.15) is 20.7 Å². The number of halogens is 3. The van der Waals surface area contributed by atoms with Crippen LogP contribution in [0.25, 0.3) is 0 Å². The first kappa shape index (κ1) is 15.9. The minimum Gasteiger partial charge on any atom is -0.478 e. The average Bonchev–Trinajstić information content (AvgIpc) is 2.43. The fourth-order valence-electron chi connectivity index (χ4n) is 1.68. The van der Waals surface area contributed by atoms with E-state index in [2.05, 4.69) is 21.2 Å². The summed E-state index contributed by atoms with van der Waals surface area (Å²) < 4.78 is 15.1. The topological polar surface area (TPSA) is 66.4 Å². The molecule has 0 fully saturated rings. The number of anilines is 1. The Morgan fingerprint density at radius 2 is 1.90 bits per heavy atom. The summed E-state index contributed by atoms with van der Waals surface area (Å²) in [4.78, 5) is 23.3. The van der Waals surface area contributed by atoms with E-state index in [9.17, 15) is 14.0 Å². The van der Waals surface area contributed by atoms with E-state index in [0.29, 0.717) is 10.0 Å². The second kappa shape index (κ2) is 6.52. The molecule has 4 nitrogen and oxygen atoms in total. The summed E-state index contributed by atoms with van der Waals surface area (Å²) in [6, 6.07) is 8.69. The van der Waals surface area contributed by atoms with E-state index in [4.69, 9.17) is 5.11 Å². The number of amides is 1. The van der Waals surface area contributed by atoms with Gasteiger partial charge in [0, 0.05) is 8.04 Å². The summed E-state index contributed by atoms with van der Waals surface area (Å²) in [5, 5.41) is 11.4.